The van der Waals surface area contributed by atoms with Gasteiger partial charge in [0.2, 0.25) is 21.7 Å². The molecular formula is C17H21N3O3S. The van der Waals surface area contributed by atoms with Crippen LogP contribution in [-0.4, -0.2) is 18.6 Å². The number of nitrogens with zero attached hydrogens (tertiary/aromatic N) is 2. The van der Waals surface area contributed by atoms with Crippen LogP contribution < -0.4 is 5.14 Å². The maximum absolute atomic E-state index is 11.4. The van der Waals surface area contributed by atoms with E-state index < -0.39 is 10.0 Å². The Labute approximate surface area is 141 Å². The van der Waals surface area contributed by atoms with E-state index in [1.807, 2.05) is 26.0 Å². The Bertz CT molecular complexity index is 882. The van der Waals surface area contributed by atoms with Gasteiger partial charge in [-0.3, -0.25) is 0 Å². The monoisotopic (exact) mass is 347 g/mol. The van der Waals surface area contributed by atoms with E-state index in [4.69, 9.17) is 9.66 Å². The molecule has 1 spiro atoms. The van der Waals surface area contributed by atoms with E-state index in [0.717, 1.165) is 28.1 Å². The molecule has 2 N–H and O–H groups in total. The van der Waals surface area contributed by atoms with Crippen LogP contribution in [0.3, 0.4) is 0 Å². The standard InChI is InChI=1S/C17H21N3O3S/c1-10-5-12(6-11(2)14(10)9-24(18,21)22)15-19-16(23-20-15)13-7-17(8-13)3-4-17/h5-6,13H,3-4,7-9H2,1-2H3,(H2,18,21,22). The van der Waals surface area contributed by atoms with Gasteiger partial charge in [0.05, 0.1) is 5.75 Å². The number of benzene rings is 1. The van der Waals surface area contributed by atoms with Gasteiger partial charge in [-0.1, -0.05) is 5.16 Å². The molecule has 24 heavy (non-hydrogen) atoms. The Hall–Kier alpha value is -1.73. The van der Waals surface area contributed by atoms with Gasteiger partial charge in [0.25, 0.3) is 0 Å². The Kier molecular flexibility index (Phi) is 3.37. The summed E-state index contributed by atoms with van der Waals surface area (Å²) in [7, 11) is -3.56. The van der Waals surface area contributed by atoms with Crippen molar-refractivity contribution in [3.63, 3.8) is 0 Å². The van der Waals surface area contributed by atoms with E-state index in [1.165, 1.54) is 25.7 Å². The van der Waals surface area contributed by atoms with E-state index in [0.29, 0.717) is 17.2 Å². The van der Waals surface area contributed by atoms with Gasteiger partial charge < -0.3 is 4.52 Å². The predicted molar refractivity (Wildman–Crippen MR) is 89.7 cm³/mol. The lowest BCUT2D eigenvalue weighted by molar-refractivity contribution is 0.192. The molecule has 2 fully saturated rings. The van der Waals surface area contributed by atoms with Crippen molar-refractivity contribution >= 4 is 10.0 Å². The first-order chi connectivity index (χ1) is 11.2. The van der Waals surface area contributed by atoms with Crippen molar-refractivity contribution < 1.29 is 12.9 Å². The van der Waals surface area contributed by atoms with Gasteiger partial charge in [0, 0.05) is 11.5 Å². The van der Waals surface area contributed by atoms with Gasteiger partial charge >= 0.3 is 0 Å². The zero-order valence-corrected chi connectivity index (χ0v) is 14.7. The Balaban J connectivity index is 1.59. The number of primary sulfonamides is 1. The normalized spacial score (nSPS) is 19.5. The second-order valence-electron chi connectivity index (χ2n) is 7.46. The van der Waals surface area contributed by atoms with Crippen molar-refractivity contribution in [3.8, 4) is 11.4 Å². The minimum atomic E-state index is -3.56. The van der Waals surface area contributed by atoms with Gasteiger partial charge in [-0.15, -0.1) is 0 Å². The molecule has 0 amide bonds. The van der Waals surface area contributed by atoms with E-state index in [1.54, 1.807) is 0 Å². The highest BCUT2D eigenvalue weighted by Crippen LogP contribution is 2.65. The molecule has 128 valence electrons. The van der Waals surface area contributed by atoms with Gasteiger partial charge in [0.1, 0.15) is 0 Å². The molecule has 7 heteroatoms. The predicted octanol–water partition coefficient (Wildman–Crippen LogP) is 2.80. The number of rotatable bonds is 4. The highest BCUT2D eigenvalue weighted by molar-refractivity contribution is 7.88. The Morgan fingerprint density at radius 3 is 2.42 bits per heavy atom. The van der Waals surface area contributed by atoms with Crippen LogP contribution in [0.5, 0.6) is 0 Å². The Morgan fingerprint density at radius 1 is 1.25 bits per heavy atom. The van der Waals surface area contributed by atoms with Crippen molar-refractivity contribution in [3.05, 3.63) is 34.7 Å². The van der Waals surface area contributed by atoms with E-state index >= 15 is 0 Å². The number of nitrogens with two attached hydrogens (primary N) is 1. The van der Waals surface area contributed by atoms with Crippen molar-refractivity contribution in [1.29, 1.82) is 0 Å². The van der Waals surface area contributed by atoms with Crippen LogP contribution in [0.25, 0.3) is 11.4 Å². The molecule has 0 aliphatic heterocycles. The molecule has 1 aromatic carbocycles. The first kappa shape index (κ1) is 15.8. The summed E-state index contributed by atoms with van der Waals surface area (Å²) in [5.41, 5.74) is 3.91. The molecule has 0 unspecified atom stereocenters. The third kappa shape index (κ3) is 2.86. The van der Waals surface area contributed by atoms with Gasteiger partial charge in [-0.05, 0) is 73.8 Å². The van der Waals surface area contributed by atoms with Gasteiger partial charge in [-0.2, -0.15) is 4.98 Å². The summed E-state index contributed by atoms with van der Waals surface area (Å²) in [5, 5.41) is 9.29. The molecule has 2 aromatic rings. The maximum atomic E-state index is 11.4. The summed E-state index contributed by atoms with van der Waals surface area (Å²) < 4.78 is 28.2. The topological polar surface area (TPSA) is 99.1 Å². The van der Waals surface area contributed by atoms with Crippen LogP contribution in [-0.2, 0) is 15.8 Å². The minimum Gasteiger partial charge on any atom is -0.339 e. The van der Waals surface area contributed by atoms with E-state index in [2.05, 4.69) is 10.1 Å². The van der Waals surface area contributed by atoms with Crippen LogP contribution >= 0.6 is 0 Å². The molecule has 1 heterocycles. The summed E-state index contributed by atoms with van der Waals surface area (Å²) in [5.74, 6) is 1.53. The maximum Gasteiger partial charge on any atom is 0.230 e. The second kappa shape index (κ2) is 5.13. The number of hydrogen-bond donors (Lipinski definition) is 1. The summed E-state index contributed by atoms with van der Waals surface area (Å²) in [6.45, 7) is 3.75. The fourth-order valence-electron chi connectivity index (χ4n) is 3.81. The molecule has 0 radical (unpaired) electrons. The number of sulfonamides is 1. The largest absolute Gasteiger partial charge is 0.339 e. The molecule has 0 bridgehead atoms. The average molecular weight is 347 g/mol. The van der Waals surface area contributed by atoms with Crippen molar-refractivity contribution in [2.45, 2.75) is 51.2 Å². The molecule has 1 aromatic heterocycles. The van der Waals surface area contributed by atoms with Crippen molar-refractivity contribution in [2.75, 3.05) is 0 Å². The first-order valence-electron chi connectivity index (χ1n) is 8.19. The van der Waals surface area contributed by atoms with Gasteiger partial charge in [-0.25, -0.2) is 13.6 Å². The van der Waals surface area contributed by atoms with Crippen LogP contribution in [0.1, 0.15) is 54.2 Å². The molecular weight excluding hydrogens is 326 g/mol. The molecule has 2 aliphatic carbocycles. The number of aromatic nitrogens is 2. The molecule has 2 aliphatic rings. The number of hydrogen-bond acceptors (Lipinski definition) is 5. The van der Waals surface area contributed by atoms with Crippen LogP contribution in [0, 0.1) is 19.3 Å². The van der Waals surface area contributed by atoms with Crippen LogP contribution in [0.2, 0.25) is 0 Å². The highest BCUT2D eigenvalue weighted by Gasteiger charge is 2.54. The third-order valence-electron chi connectivity index (χ3n) is 5.41. The average Bonchev–Trinajstić information content (AvgIpc) is 3.10. The lowest BCUT2D eigenvalue weighted by Crippen LogP contribution is -2.23. The molecule has 0 atom stereocenters. The fourth-order valence-corrected chi connectivity index (χ4v) is 4.67. The molecule has 0 saturated heterocycles. The SMILES string of the molecule is Cc1cc(-c2noc(C3CC4(CC4)C3)n2)cc(C)c1CS(N)(=O)=O. The number of aryl methyl sites for hydroxylation is 2. The molecule has 6 nitrogen and oxygen atoms in total. The summed E-state index contributed by atoms with van der Waals surface area (Å²) in [4.78, 5) is 4.56. The first-order valence-corrected chi connectivity index (χ1v) is 9.91. The summed E-state index contributed by atoms with van der Waals surface area (Å²) in [6, 6.07) is 3.79. The lowest BCUT2D eigenvalue weighted by atomic mass is 9.72. The summed E-state index contributed by atoms with van der Waals surface area (Å²) >= 11 is 0. The van der Waals surface area contributed by atoms with Gasteiger partial charge in [0.15, 0.2) is 0 Å². The highest BCUT2D eigenvalue weighted by atomic mass is 32.2. The van der Waals surface area contributed by atoms with Crippen LogP contribution in [0.4, 0.5) is 0 Å². The van der Waals surface area contributed by atoms with Crippen molar-refractivity contribution in [1.82, 2.24) is 10.1 Å². The zero-order chi connectivity index (χ0) is 17.1. The molecule has 4 rings (SSSR count). The third-order valence-corrected chi connectivity index (χ3v) is 6.10. The van der Waals surface area contributed by atoms with E-state index in [-0.39, 0.29) is 5.75 Å². The summed E-state index contributed by atoms with van der Waals surface area (Å²) in [6.07, 6.45) is 5.02. The Morgan fingerprint density at radius 2 is 1.88 bits per heavy atom. The van der Waals surface area contributed by atoms with E-state index in [9.17, 15) is 8.42 Å². The quantitative estimate of drug-likeness (QED) is 0.917. The smallest absolute Gasteiger partial charge is 0.230 e. The second-order valence-corrected chi connectivity index (χ2v) is 9.07. The molecule has 2 saturated carbocycles. The zero-order valence-electron chi connectivity index (χ0n) is 13.9. The minimum absolute atomic E-state index is 0.160. The van der Waals surface area contributed by atoms with Crippen LogP contribution in [0.15, 0.2) is 16.7 Å². The fraction of sp³-hybridized carbons (Fsp3) is 0.529. The lowest BCUT2D eigenvalue weighted by Gasteiger charge is -2.32. The van der Waals surface area contributed by atoms with Crippen molar-refractivity contribution in [2.24, 2.45) is 10.6 Å².